The largest absolute Gasteiger partial charge is 0.143 e. The number of hydrogen-bond donors (Lipinski definition) is 0. The normalized spacial score (nSPS) is 17.0. The van der Waals surface area contributed by atoms with Gasteiger partial charge in [-0.1, -0.05) is 18.0 Å². The monoisotopic (exact) mass is 394 g/mol. The van der Waals surface area contributed by atoms with E-state index in [0.29, 0.717) is 0 Å². The number of halogens is 3. The Morgan fingerprint density at radius 3 is 2.53 bits per heavy atom. The molecule has 3 rings (SSSR count). The molecule has 0 saturated heterocycles. The highest BCUT2D eigenvalue weighted by molar-refractivity contribution is 9.10. The molecule has 1 atom stereocenters. The molecule has 0 saturated carbocycles. The van der Waals surface area contributed by atoms with Gasteiger partial charge in [-0.15, -0.1) is 34.3 Å². The van der Waals surface area contributed by atoms with E-state index in [2.05, 4.69) is 22.0 Å². The minimum Gasteiger partial charge on any atom is -0.143 e. The van der Waals surface area contributed by atoms with Gasteiger partial charge in [-0.3, -0.25) is 0 Å². The minimum atomic E-state index is -0.0641. The summed E-state index contributed by atoms with van der Waals surface area (Å²) in [7, 11) is 0. The molecule has 0 fully saturated rings. The molecule has 2 heterocycles. The Hall–Kier alpha value is 0.460. The zero-order chi connectivity index (χ0) is 13.4. The second kappa shape index (κ2) is 6.07. The maximum atomic E-state index is 6.62. The molecule has 2 aromatic rings. The second-order valence-electron chi connectivity index (χ2n) is 4.79. The van der Waals surface area contributed by atoms with Crippen molar-refractivity contribution < 1.29 is 0 Å². The first-order valence-electron chi connectivity index (χ1n) is 6.35. The summed E-state index contributed by atoms with van der Waals surface area (Å²) in [5, 5.41) is -0.0641. The van der Waals surface area contributed by atoms with Crippen LogP contribution in [-0.2, 0) is 12.8 Å². The average Bonchev–Trinajstić information content (AvgIpc) is 2.87. The van der Waals surface area contributed by atoms with Gasteiger partial charge in [-0.25, -0.2) is 0 Å². The van der Waals surface area contributed by atoms with Crippen LogP contribution in [0.25, 0.3) is 0 Å². The number of alkyl halides is 1. The molecule has 0 N–H and O–H groups in total. The zero-order valence-electron chi connectivity index (χ0n) is 10.2. The van der Waals surface area contributed by atoms with Crippen molar-refractivity contribution in [3.8, 4) is 0 Å². The van der Waals surface area contributed by atoms with E-state index in [1.165, 1.54) is 42.5 Å². The Labute approximate surface area is 139 Å². The summed E-state index contributed by atoms with van der Waals surface area (Å²) in [6, 6.07) is 4.35. The van der Waals surface area contributed by atoms with E-state index < -0.39 is 0 Å². The van der Waals surface area contributed by atoms with E-state index in [1.807, 2.05) is 17.4 Å². The second-order valence-corrected chi connectivity index (χ2v) is 8.94. The fourth-order valence-electron chi connectivity index (χ4n) is 2.44. The lowest BCUT2D eigenvalue weighted by Crippen LogP contribution is -1.86. The van der Waals surface area contributed by atoms with Crippen LogP contribution in [0.1, 0.15) is 44.8 Å². The van der Waals surface area contributed by atoms with Crippen LogP contribution in [0.3, 0.4) is 0 Å². The van der Waals surface area contributed by atoms with Crippen LogP contribution in [0.2, 0.25) is 4.34 Å². The van der Waals surface area contributed by atoms with Gasteiger partial charge in [0.15, 0.2) is 0 Å². The third-order valence-electron chi connectivity index (χ3n) is 3.43. The number of thiophene rings is 2. The molecule has 0 bridgehead atoms. The number of rotatable bonds is 2. The first-order chi connectivity index (χ1) is 9.15. The van der Waals surface area contributed by atoms with Gasteiger partial charge >= 0.3 is 0 Å². The van der Waals surface area contributed by atoms with Crippen LogP contribution in [0.4, 0.5) is 0 Å². The molecule has 0 aromatic carbocycles. The molecule has 0 amide bonds. The van der Waals surface area contributed by atoms with Crippen LogP contribution in [-0.4, -0.2) is 0 Å². The smallest absolute Gasteiger partial charge is 0.107 e. The number of hydrogen-bond acceptors (Lipinski definition) is 2. The van der Waals surface area contributed by atoms with Gasteiger partial charge in [-0.05, 0) is 59.3 Å². The molecule has 1 aliphatic carbocycles. The van der Waals surface area contributed by atoms with Gasteiger partial charge < -0.3 is 0 Å². The number of fused-ring (bicyclic) bond motifs is 1. The SMILES string of the molecule is Clc1sc(C(Cl)c2cc3c(s2)CCCCC3)cc1Br. The van der Waals surface area contributed by atoms with Crippen molar-refractivity contribution in [2.75, 3.05) is 0 Å². The summed E-state index contributed by atoms with van der Waals surface area (Å²) in [6.07, 6.45) is 6.42. The Morgan fingerprint density at radius 2 is 1.79 bits per heavy atom. The molecule has 102 valence electrons. The van der Waals surface area contributed by atoms with Gasteiger partial charge in [0.05, 0.1) is 0 Å². The third-order valence-corrected chi connectivity index (χ3v) is 8.00. The first-order valence-corrected chi connectivity index (χ1v) is 9.59. The van der Waals surface area contributed by atoms with E-state index in [-0.39, 0.29) is 5.38 Å². The van der Waals surface area contributed by atoms with Crippen LogP contribution in [0.15, 0.2) is 16.6 Å². The molecule has 0 aliphatic heterocycles. The quantitative estimate of drug-likeness (QED) is 0.386. The Morgan fingerprint density at radius 1 is 1.05 bits per heavy atom. The van der Waals surface area contributed by atoms with Crippen LogP contribution in [0.5, 0.6) is 0 Å². The highest BCUT2D eigenvalue weighted by Crippen LogP contribution is 2.43. The Bertz CT molecular complexity index is 545. The molecule has 1 aliphatic rings. The Balaban J connectivity index is 1.89. The summed E-state index contributed by atoms with van der Waals surface area (Å²) in [5.41, 5.74) is 1.52. The maximum Gasteiger partial charge on any atom is 0.107 e. The molecule has 0 nitrogen and oxygen atoms in total. The average molecular weight is 396 g/mol. The standard InChI is InChI=1S/C14H13BrCl2S2/c15-9-7-12(19-14(9)17)13(16)11-6-8-4-2-1-3-5-10(8)18-11/h6-7,13H,1-5H2. The summed E-state index contributed by atoms with van der Waals surface area (Å²) >= 11 is 19.6. The highest BCUT2D eigenvalue weighted by Gasteiger charge is 2.20. The highest BCUT2D eigenvalue weighted by atomic mass is 79.9. The van der Waals surface area contributed by atoms with E-state index in [0.717, 1.165) is 13.7 Å². The molecular weight excluding hydrogens is 383 g/mol. The summed E-state index contributed by atoms with van der Waals surface area (Å²) < 4.78 is 1.72. The third kappa shape index (κ3) is 3.06. The van der Waals surface area contributed by atoms with Crippen LogP contribution >= 0.6 is 61.8 Å². The lowest BCUT2D eigenvalue weighted by molar-refractivity contribution is 0.712. The fourth-order valence-corrected chi connectivity index (χ4v) is 5.90. The van der Waals surface area contributed by atoms with Gasteiger partial charge in [0.25, 0.3) is 0 Å². The molecule has 0 radical (unpaired) electrons. The molecule has 5 heteroatoms. The zero-order valence-corrected chi connectivity index (χ0v) is 14.9. The molecule has 2 aromatic heterocycles. The van der Waals surface area contributed by atoms with Crippen molar-refractivity contribution in [3.05, 3.63) is 41.1 Å². The van der Waals surface area contributed by atoms with Crippen molar-refractivity contribution in [3.63, 3.8) is 0 Å². The van der Waals surface area contributed by atoms with Gasteiger partial charge in [-0.2, -0.15) is 0 Å². The predicted molar refractivity (Wildman–Crippen MR) is 90.3 cm³/mol. The van der Waals surface area contributed by atoms with Crippen LogP contribution in [0, 0.1) is 0 Å². The molecule has 19 heavy (non-hydrogen) atoms. The Kier molecular flexibility index (Phi) is 4.60. The molecule has 1 unspecified atom stereocenters. The van der Waals surface area contributed by atoms with Crippen molar-refractivity contribution in [1.29, 1.82) is 0 Å². The first kappa shape index (κ1) is 14.4. The molecule has 0 spiro atoms. The minimum absolute atomic E-state index is 0.0641. The van der Waals surface area contributed by atoms with Gasteiger partial charge in [0.2, 0.25) is 0 Å². The van der Waals surface area contributed by atoms with Gasteiger partial charge in [0, 0.05) is 19.1 Å². The maximum absolute atomic E-state index is 6.62. The number of aryl methyl sites for hydroxylation is 2. The predicted octanol–water partition coefficient (Wildman–Crippen LogP) is 6.82. The van der Waals surface area contributed by atoms with Crippen molar-refractivity contribution in [2.45, 2.75) is 37.5 Å². The van der Waals surface area contributed by atoms with E-state index >= 15 is 0 Å². The van der Waals surface area contributed by atoms with E-state index in [1.54, 1.807) is 16.2 Å². The van der Waals surface area contributed by atoms with Crippen molar-refractivity contribution in [2.24, 2.45) is 0 Å². The van der Waals surface area contributed by atoms with Crippen LogP contribution < -0.4 is 0 Å². The molecular formula is C14H13BrCl2S2. The summed E-state index contributed by atoms with van der Waals surface area (Å²) in [4.78, 5) is 3.92. The lowest BCUT2D eigenvalue weighted by atomic mass is 10.1. The summed E-state index contributed by atoms with van der Waals surface area (Å²) in [6.45, 7) is 0. The van der Waals surface area contributed by atoms with Gasteiger partial charge in [0.1, 0.15) is 9.71 Å². The lowest BCUT2D eigenvalue weighted by Gasteiger charge is -2.03. The van der Waals surface area contributed by atoms with E-state index in [9.17, 15) is 0 Å². The fraction of sp³-hybridized carbons (Fsp3) is 0.429. The summed E-state index contributed by atoms with van der Waals surface area (Å²) in [5.74, 6) is 0. The van der Waals surface area contributed by atoms with E-state index in [4.69, 9.17) is 23.2 Å². The van der Waals surface area contributed by atoms with Crippen molar-refractivity contribution >= 4 is 61.8 Å². The van der Waals surface area contributed by atoms with Crippen molar-refractivity contribution in [1.82, 2.24) is 0 Å². The topological polar surface area (TPSA) is 0 Å².